The van der Waals surface area contributed by atoms with Gasteiger partial charge in [0.15, 0.2) is 6.10 Å². The van der Waals surface area contributed by atoms with Crippen molar-refractivity contribution in [1.82, 2.24) is 0 Å². The van der Waals surface area contributed by atoms with Gasteiger partial charge >= 0.3 is 28.0 Å². The molecule has 0 amide bonds. The summed E-state index contributed by atoms with van der Waals surface area (Å²) in [4.78, 5) is 12.3. The third-order valence-corrected chi connectivity index (χ3v) is 6.46. The fourth-order valence-corrected chi connectivity index (χ4v) is 4.11. The molecule has 13 heteroatoms. The van der Waals surface area contributed by atoms with Gasteiger partial charge in [-0.3, -0.25) is 13.6 Å². The highest BCUT2D eigenvalue weighted by atomic mass is 31.2. The second-order valence-electron chi connectivity index (χ2n) is 7.21. The Labute approximate surface area is 179 Å². The van der Waals surface area contributed by atoms with Crippen LogP contribution in [-0.4, -0.2) is 72.6 Å². The van der Waals surface area contributed by atoms with Crippen LogP contribution in [-0.2, 0) is 46.3 Å². The number of rotatable bonds is 13. The van der Waals surface area contributed by atoms with Crippen molar-refractivity contribution < 1.29 is 46.3 Å². The second-order valence-corrected chi connectivity index (χ2v) is 9.09. The van der Waals surface area contributed by atoms with E-state index in [2.05, 4.69) is 13.8 Å². The van der Waals surface area contributed by atoms with E-state index in [0.717, 1.165) is 25.7 Å². The number of esters is 1. The highest BCUT2D eigenvalue weighted by molar-refractivity contribution is 7.48. The lowest BCUT2D eigenvalue weighted by atomic mass is 9.82. The molecule has 0 radical (unpaired) electrons. The lowest BCUT2D eigenvalue weighted by molar-refractivity contribution is -0.152. The molecule has 10 nitrogen and oxygen atoms in total. The van der Waals surface area contributed by atoms with E-state index in [1.54, 1.807) is 0 Å². The topological polar surface area (TPSA) is 108 Å². The molecule has 0 bridgehead atoms. The fraction of sp³-hybridized carbons (Fsp3) is 0.941. The number of methoxy groups -OCH3 is 1. The van der Waals surface area contributed by atoms with Crippen LogP contribution < -0.4 is 0 Å². The van der Waals surface area contributed by atoms with E-state index in [1.807, 2.05) is 0 Å². The molecule has 2 saturated heterocycles. The molecule has 0 spiro atoms. The molecule has 0 aromatic rings. The van der Waals surface area contributed by atoms with Crippen LogP contribution >= 0.6 is 7.82 Å². The van der Waals surface area contributed by atoms with Gasteiger partial charge in [-0.2, -0.15) is 0 Å². The van der Waals surface area contributed by atoms with Crippen LogP contribution in [0.4, 0.5) is 0 Å². The first-order valence-corrected chi connectivity index (χ1v) is 11.9. The summed E-state index contributed by atoms with van der Waals surface area (Å²) in [6, 6.07) is 0. The molecular formula is C17H33B2O10P. The van der Waals surface area contributed by atoms with Crippen molar-refractivity contribution in [2.45, 2.75) is 76.6 Å². The van der Waals surface area contributed by atoms with Gasteiger partial charge in [-0.1, -0.05) is 39.5 Å². The van der Waals surface area contributed by atoms with Crippen LogP contribution in [0.2, 0.25) is 12.6 Å². The van der Waals surface area contributed by atoms with Crippen LogP contribution in [0.3, 0.4) is 0 Å². The molecule has 0 aromatic carbocycles. The lowest BCUT2D eigenvalue weighted by Gasteiger charge is -2.27. The first kappa shape index (κ1) is 25.8. The zero-order valence-corrected chi connectivity index (χ0v) is 19.3. The minimum absolute atomic E-state index is 0.125. The van der Waals surface area contributed by atoms with Crippen molar-refractivity contribution in [2.24, 2.45) is 0 Å². The van der Waals surface area contributed by atoms with Gasteiger partial charge in [-0.15, -0.1) is 0 Å². The Morgan fingerprint density at radius 2 is 1.47 bits per heavy atom. The first-order chi connectivity index (χ1) is 14.4. The standard InChI is InChI=1S/C17H33B2O10P/c1-6-8-10-18-26-13(12-25-30(21,23-4)24-5)14(27-18)15-16(17(20)22-3)29-19(28-15)11-9-7-2/h13-16H,6-12H2,1-5H3. The average Bonchev–Trinajstić information content (AvgIpc) is 3.37. The Kier molecular flexibility index (Phi) is 10.8. The molecule has 2 heterocycles. The molecule has 30 heavy (non-hydrogen) atoms. The van der Waals surface area contributed by atoms with Crippen LogP contribution in [0, 0.1) is 0 Å². The van der Waals surface area contributed by atoms with Crippen molar-refractivity contribution >= 4 is 28.0 Å². The molecule has 2 aliphatic rings. The Morgan fingerprint density at radius 1 is 0.900 bits per heavy atom. The number of phosphoric acid groups is 1. The van der Waals surface area contributed by atoms with Crippen LogP contribution in [0.5, 0.6) is 0 Å². The van der Waals surface area contributed by atoms with Crippen molar-refractivity contribution in [3.63, 3.8) is 0 Å². The van der Waals surface area contributed by atoms with Gasteiger partial charge in [0.1, 0.15) is 6.10 Å². The maximum atomic E-state index is 12.3. The smallest absolute Gasteiger partial charge is 0.467 e. The Hall–Kier alpha value is -0.450. The summed E-state index contributed by atoms with van der Waals surface area (Å²) >= 11 is 0. The number of hydrogen-bond acceptors (Lipinski definition) is 10. The third-order valence-electron chi connectivity index (χ3n) is 5.10. The zero-order chi connectivity index (χ0) is 22.1. The molecule has 4 atom stereocenters. The number of phosphoric ester groups is 1. The maximum Gasteiger partial charge on any atom is 0.474 e. The van der Waals surface area contributed by atoms with Crippen molar-refractivity contribution in [3.05, 3.63) is 0 Å². The first-order valence-electron chi connectivity index (χ1n) is 10.5. The van der Waals surface area contributed by atoms with Gasteiger partial charge in [0, 0.05) is 14.2 Å². The number of carbonyl (C=O) groups excluding carboxylic acids is 1. The number of hydrogen-bond donors (Lipinski definition) is 0. The predicted octanol–water partition coefficient (Wildman–Crippen LogP) is 2.72. The van der Waals surface area contributed by atoms with Gasteiger partial charge in [0.2, 0.25) is 0 Å². The summed E-state index contributed by atoms with van der Waals surface area (Å²) in [5.41, 5.74) is 0. The molecule has 172 valence electrons. The van der Waals surface area contributed by atoms with Gasteiger partial charge in [0.05, 0.1) is 25.9 Å². The molecule has 2 aliphatic heterocycles. The Balaban J connectivity index is 2.16. The highest BCUT2D eigenvalue weighted by Gasteiger charge is 2.54. The van der Waals surface area contributed by atoms with E-state index in [1.165, 1.54) is 21.3 Å². The van der Waals surface area contributed by atoms with E-state index < -0.39 is 52.4 Å². The maximum absolute atomic E-state index is 12.3. The minimum atomic E-state index is -3.70. The molecule has 0 saturated carbocycles. The molecule has 4 unspecified atom stereocenters. The van der Waals surface area contributed by atoms with Gasteiger partial charge in [-0.05, 0) is 12.6 Å². The summed E-state index contributed by atoms with van der Waals surface area (Å²) in [6.07, 6.45) is 2.04. The summed E-state index contributed by atoms with van der Waals surface area (Å²) in [5.74, 6) is -0.543. The molecule has 2 rings (SSSR count). The molecule has 0 aromatic heterocycles. The van der Waals surface area contributed by atoms with Crippen LogP contribution in [0.1, 0.15) is 39.5 Å². The minimum Gasteiger partial charge on any atom is -0.467 e. The highest BCUT2D eigenvalue weighted by Crippen LogP contribution is 2.48. The molecular weight excluding hydrogens is 417 g/mol. The molecule has 0 N–H and O–H groups in total. The van der Waals surface area contributed by atoms with Gasteiger partial charge < -0.3 is 23.4 Å². The van der Waals surface area contributed by atoms with Crippen molar-refractivity contribution in [1.29, 1.82) is 0 Å². The van der Waals surface area contributed by atoms with E-state index >= 15 is 0 Å². The van der Waals surface area contributed by atoms with Crippen LogP contribution in [0.25, 0.3) is 0 Å². The molecule has 0 aliphatic carbocycles. The van der Waals surface area contributed by atoms with Crippen molar-refractivity contribution in [2.75, 3.05) is 27.9 Å². The van der Waals surface area contributed by atoms with E-state index in [0.29, 0.717) is 12.6 Å². The predicted molar refractivity (Wildman–Crippen MR) is 110 cm³/mol. The average molecular weight is 450 g/mol. The van der Waals surface area contributed by atoms with Gasteiger partial charge in [0.25, 0.3) is 0 Å². The normalized spacial score (nSPS) is 27.1. The zero-order valence-electron chi connectivity index (χ0n) is 18.4. The third kappa shape index (κ3) is 6.77. The number of unbranched alkanes of at least 4 members (excludes halogenated alkanes) is 2. The van der Waals surface area contributed by atoms with Crippen LogP contribution in [0.15, 0.2) is 0 Å². The van der Waals surface area contributed by atoms with E-state index in [-0.39, 0.29) is 6.61 Å². The fourth-order valence-electron chi connectivity index (χ4n) is 3.42. The number of carbonyl (C=O) groups is 1. The summed E-state index contributed by atoms with van der Waals surface area (Å²) in [7, 11) is -0.969. The SMILES string of the molecule is CCCCB1OC(COP(=O)(OC)OC)C(C2OB(CCCC)OC2C(=O)OC)O1. The quantitative estimate of drug-likeness (QED) is 0.236. The largest absolute Gasteiger partial charge is 0.474 e. The van der Waals surface area contributed by atoms with Crippen molar-refractivity contribution in [3.8, 4) is 0 Å². The Bertz CT molecular complexity index is 575. The lowest BCUT2D eigenvalue weighted by Crippen LogP contribution is -2.46. The van der Waals surface area contributed by atoms with E-state index in [4.69, 9.17) is 36.9 Å². The summed E-state index contributed by atoms with van der Waals surface area (Å²) in [5, 5.41) is 0. The summed E-state index contributed by atoms with van der Waals surface area (Å²) in [6.45, 7) is 4.01. The monoisotopic (exact) mass is 450 g/mol. The second kappa shape index (κ2) is 12.6. The van der Waals surface area contributed by atoms with Gasteiger partial charge in [-0.25, -0.2) is 9.36 Å². The molecule has 2 fully saturated rings. The summed E-state index contributed by atoms with van der Waals surface area (Å²) < 4.78 is 56.1. The van der Waals surface area contributed by atoms with E-state index in [9.17, 15) is 9.36 Å². The Morgan fingerprint density at radius 3 is 2.00 bits per heavy atom. The number of ether oxygens (including phenoxy) is 1.